The minimum atomic E-state index is 0.316. The van der Waals surface area contributed by atoms with Gasteiger partial charge in [-0.05, 0) is 18.1 Å². The van der Waals surface area contributed by atoms with Gasteiger partial charge in [0.25, 0.3) is 0 Å². The number of ether oxygens (including phenoxy) is 1. The van der Waals surface area contributed by atoms with Crippen LogP contribution in [0.15, 0.2) is 24.7 Å². The van der Waals surface area contributed by atoms with Gasteiger partial charge in [0.15, 0.2) is 11.6 Å². The average molecular weight is 259 g/mol. The Morgan fingerprint density at radius 1 is 1.32 bits per heavy atom. The Hall–Kier alpha value is -2.37. The van der Waals surface area contributed by atoms with Gasteiger partial charge >= 0.3 is 0 Å². The van der Waals surface area contributed by atoms with Crippen molar-refractivity contribution in [1.29, 1.82) is 0 Å². The maximum absolute atomic E-state index is 5.73. The van der Waals surface area contributed by atoms with E-state index in [1.54, 1.807) is 13.3 Å². The highest BCUT2D eigenvalue weighted by Gasteiger charge is 2.10. The standard InChI is InChI=1S/C13H17N5O/c1-3-9-5-4-6-15-10(9)7-16-13-11(19-2)12(14)17-8-18-13/h4-6,8H,3,7H2,1-2H3,(H3,14,16,17,18). The van der Waals surface area contributed by atoms with Gasteiger partial charge in [-0.15, -0.1) is 0 Å². The summed E-state index contributed by atoms with van der Waals surface area (Å²) in [5.41, 5.74) is 7.92. The van der Waals surface area contributed by atoms with Crippen LogP contribution in [0.25, 0.3) is 0 Å². The van der Waals surface area contributed by atoms with Crippen LogP contribution in [0.4, 0.5) is 11.6 Å². The molecule has 2 aromatic rings. The molecule has 0 fully saturated rings. The second-order valence-electron chi connectivity index (χ2n) is 3.96. The molecule has 0 aliphatic rings. The van der Waals surface area contributed by atoms with E-state index >= 15 is 0 Å². The van der Waals surface area contributed by atoms with E-state index in [1.165, 1.54) is 11.9 Å². The molecule has 2 rings (SSSR count). The summed E-state index contributed by atoms with van der Waals surface area (Å²) in [5, 5.41) is 3.18. The first kappa shape index (κ1) is 13.1. The van der Waals surface area contributed by atoms with Gasteiger partial charge in [-0.25, -0.2) is 9.97 Å². The molecule has 19 heavy (non-hydrogen) atoms. The van der Waals surface area contributed by atoms with Crippen LogP contribution in [0.1, 0.15) is 18.2 Å². The predicted octanol–water partition coefficient (Wildman–Crippen LogP) is 1.64. The van der Waals surface area contributed by atoms with Gasteiger partial charge in [-0.1, -0.05) is 13.0 Å². The minimum absolute atomic E-state index is 0.316. The Morgan fingerprint density at radius 2 is 2.16 bits per heavy atom. The summed E-state index contributed by atoms with van der Waals surface area (Å²) in [6.07, 6.45) is 4.12. The number of aromatic nitrogens is 3. The number of anilines is 2. The van der Waals surface area contributed by atoms with Crippen molar-refractivity contribution < 1.29 is 4.74 Å². The molecule has 3 N–H and O–H groups in total. The molecule has 0 unspecified atom stereocenters. The molecule has 0 aromatic carbocycles. The van der Waals surface area contributed by atoms with Gasteiger partial charge in [-0.3, -0.25) is 4.98 Å². The Morgan fingerprint density at radius 3 is 2.89 bits per heavy atom. The van der Waals surface area contributed by atoms with Crippen molar-refractivity contribution in [1.82, 2.24) is 15.0 Å². The van der Waals surface area contributed by atoms with Crippen molar-refractivity contribution in [3.05, 3.63) is 35.9 Å². The van der Waals surface area contributed by atoms with E-state index in [2.05, 4.69) is 33.3 Å². The van der Waals surface area contributed by atoms with E-state index in [4.69, 9.17) is 10.5 Å². The van der Waals surface area contributed by atoms with Crippen molar-refractivity contribution in [3.63, 3.8) is 0 Å². The summed E-state index contributed by atoms with van der Waals surface area (Å²) >= 11 is 0. The number of nitrogens with two attached hydrogens (primary N) is 1. The summed E-state index contributed by atoms with van der Waals surface area (Å²) < 4.78 is 5.19. The SMILES string of the molecule is CCc1cccnc1CNc1ncnc(N)c1OC. The molecule has 0 aliphatic heterocycles. The van der Waals surface area contributed by atoms with Gasteiger partial charge in [-0.2, -0.15) is 0 Å². The predicted molar refractivity (Wildman–Crippen MR) is 73.9 cm³/mol. The van der Waals surface area contributed by atoms with Crippen molar-refractivity contribution >= 4 is 11.6 Å². The third-order valence-corrected chi connectivity index (χ3v) is 2.82. The molecule has 2 heterocycles. The van der Waals surface area contributed by atoms with E-state index in [1.807, 2.05) is 6.07 Å². The van der Waals surface area contributed by atoms with Gasteiger partial charge in [0.05, 0.1) is 19.3 Å². The number of rotatable bonds is 5. The van der Waals surface area contributed by atoms with Crippen molar-refractivity contribution in [2.24, 2.45) is 0 Å². The molecular weight excluding hydrogens is 242 g/mol. The minimum Gasteiger partial charge on any atom is -0.490 e. The third kappa shape index (κ3) is 2.90. The first-order valence-corrected chi connectivity index (χ1v) is 6.07. The lowest BCUT2D eigenvalue weighted by Gasteiger charge is -2.12. The Kier molecular flexibility index (Phi) is 4.12. The van der Waals surface area contributed by atoms with Crippen LogP contribution in [0.2, 0.25) is 0 Å². The van der Waals surface area contributed by atoms with E-state index in [9.17, 15) is 0 Å². The van der Waals surface area contributed by atoms with E-state index in [0.29, 0.717) is 23.9 Å². The molecule has 2 aromatic heterocycles. The number of hydrogen-bond donors (Lipinski definition) is 2. The monoisotopic (exact) mass is 259 g/mol. The van der Waals surface area contributed by atoms with Crippen LogP contribution in [-0.2, 0) is 13.0 Å². The van der Waals surface area contributed by atoms with Crippen LogP contribution in [0.5, 0.6) is 5.75 Å². The van der Waals surface area contributed by atoms with Gasteiger partial charge in [0, 0.05) is 6.20 Å². The van der Waals surface area contributed by atoms with E-state index in [0.717, 1.165) is 12.1 Å². The molecule has 0 saturated heterocycles. The molecule has 0 aliphatic carbocycles. The maximum Gasteiger partial charge on any atom is 0.203 e. The number of aryl methyl sites for hydroxylation is 1. The molecule has 0 spiro atoms. The van der Waals surface area contributed by atoms with E-state index < -0.39 is 0 Å². The van der Waals surface area contributed by atoms with Crippen molar-refractivity contribution in [2.45, 2.75) is 19.9 Å². The van der Waals surface area contributed by atoms with Crippen LogP contribution in [-0.4, -0.2) is 22.1 Å². The Bertz CT molecular complexity index is 558. The fourth-order valence-electron chi connectivity index (χ4n) is 1.83. The zero-order chi connectivity index (χ0) is 13.7. The Balaban J connectivity index is 2.17. The summed E-state index contributed by atoms with van der Waals surface area (Å²) in [6.45, 7) is 2.67. The van der Waals surface area contributed by atoms with Gasteiger partial charge < -0.3 is 15.8 Å². The molecule has 100 valence electrons. The summed E-state index contributed by atoms with van der Waals surface area (Å²) in [5.74, 6) is 1.34. The zero-order valence-corrected chi connectivity index (χ0v) is 11.1. The van der Waals surface area contributed by atoms with Crippen LogP contribution in [0, 0.1) is 0 Å². The maximum atomic E-state index is 5.73. The molecule has 6 heteroatoms. The summed E-state index contributed by atoms with van der Waals surface area (Å²) in [7, 11) is 1.54. The Labute approximate surface area is 112 Å². The first-order chi connectivity index (χ1) is 9.26. The lowest BCUT2D eigenvalue weighted by atomic mass is 10.1. The molecular formula is C13H17N5O. The highest BCUT2D eigenvalue weighted by molar-refractivity contribution is 5.61. The van der Waals surface area contributed by atoms with Gasteiger partial charge in [0.2, 0.25) is 5.75 Å². The molecule has 0 amide bonds. The molecule has 0 bridgehead atoms. The highest BCUT2D eigenvalue weighted by atomic mass is 16.5. The van der Waals surface area contributed by atoms with Crippen molar-refractivity contribution in [3.8, 4) is 5.75 Å². The lowest BCUT2D eigenvalue weighted by Crippen LogP contribution is -2.09. The normalized spacial score (nSPS) is 10.2. The average Bonchev–Trinajstić information content (AvgIpc) is 2.45. The zero-order valence-electron chi connectivity index (χ0n) is 11.1. The molecule has 0 atom stereocenters. The van der Waals surface area contributed by atoms with E-state index in [-0.39, 0.29) is 0 Å². The summed E-state index contributed by atoms with van der Waals surface area (Å²) in [6, 6.07) is 4.00. The van der Waals surface area contributed by atoms with Crippen LogP contribution < -0.4 is 15.8 Å². The number of pyridine rings is 1. The second kappa shape index (κ2) is 5.99. The van der Waals surface area contributed by atoms with Crippen molar-refractivity contribution in [2.75, 3.05) is 18.2 Å². The van der Waals surface area contributed by atoms with Crippen LogP contribution >= 0.6 is 0 Å². The smallest absolute Gasteiger partial charge is 0.203 e. The largest absolute Gasteiger partial charge is 0.490 e. The second-order valence-corrected chi connectivity index (χ2v) is 3.96. The first-order valence-electron chi connectivity index (χ1n) is 6.07. The fraction of sp³-hybridized carbons (Fsp3) is 0.308. The third-order valence-electron chi connectivity index (χ3n) is 2.82. The molecule has 6 nitrogen and oxygen atoms in total. The summed E-state index contributed by atoms with van der Waals surface area (Å²) in [4.78, 5) is 12.4. The number of hydrogen-bond acceptors (Lipinski definition) is 6. The number of nitrogens with zero attached hydrogens (tertiary/aromatic N) is 3. The molecule has 0 radical (unpaired) electrons. The quantitative estimate of drug-likeness (QED) is 0.849. The topological polar surface area (TPSA) is 86.0 Å². The van der Waals surface area contributed by atoms with Gasteiger partial charge in [0.1, 0.15) is 6.33 Å². The highest BCUT2D eigenvalue weighted by Crippen LogP contribution is 2.26. The van der Waals surface area contributed by atoms with Crippen LogP contribution in [0.3, 0.4) is 0 Å². The number of methoxy groups -OCH3 is 1. The fourth-order valence-corrected chi connectivity index (χ4v) is 1.83. The lowest BCUT2D eigenvalue weighted by molar-refractivity contribution is 0.415. The molecule has 0 saturated carbocycles. The number of nitrogen functional groups attached to an aromatic ring is 1. The number of nitrogens with one attached hydrogen (secondary N) is 1.